The average molecular weight is 362 g/mol. The second-order valence-corrected chi connectivity index (χ2v) is 6.09. The van der Waals surface area contributed by atoms with E-state index in [2.05, 4.69) is 20.6 Å². The summed E-state index contributed by atoms with van der Waals surface area (Å²) < 4.78 is 10.6. The Balaban J connectivity index is 1.40. The van der Waals surface area contributed by atoms with Crippen molar-refractivity contribution in [2.24, 2.45) is 0 Å². The molecule has 1 atom stereocenters. The van der Waals surface area contributed by atoms with Gasteiger partial charge in [-0.1, -0.05) is 30.3 Å². The molecule has 1 aliphatic heterocycles. The van der Waals surface area contributed by atoms with Gasteiger partial charge in [-0.25, -0.2) is 9.97 Å². The number of amides is 1. The first kappa shape index (κ1) is 16.8. The van der Waals surface area contributed by atoms with Crippen molar-refractivity contribution < 1.29 is 14.3 Å². The van der Waals surface area contributed by atoms with Gasteiger partial charge in [0.15, 0.2) is 11.5 Å². The molecule has 2 heterocycles. The lowest BCUT2D eigenvalue weighted by Crippen LogP contribution is -2.27. The van der Waals surface area contributed by atoms with Crippen LogP contribution in [0.2, 0.25) is 0 Å². The first-order valence-electron chi connectivity index (χ1n) is 8.53. The van der Waals surface area contributed by atoms with E-state index < -0.39 is 0 Å². The van der Waals surface area contributed by atoms with Gasteiger partial charge in [-0.2, -0.15) is 0 Å². The summed E-state index contributed by atoms with van der Waals surface area (Å²) in [5.41, 5.74) is 2.08. The zero-order valence-electron chi connectivity index (χ0n) is 14.7. The average Bonchev–Trinajstić information content (AvgIpc) is 3.17. The van der Waals surface area contributed by atoms with Crippen LogP contribution in [0.5, 0.6) is 11.5 Å². The second kappa shape index (κ2) is 7.33. The third-order valence-corrected chi connectivity index (χ3v) is 4.18. The highest BCUT2D eigenvalue weighted by molar-refractivity contribution is 5.92. The summed E-state index contributed by atoms with van der Waals surface area (Å²) >= 11 is 0. The van der Waals surface area contributed by atoms with Crippen molar-refractivity contribution in [1.29, 1.82) is 0 Å². The normalized spacial score (nSPS) is 13.1. The van der Waals surface area contributed by atoms with E-state index in [-0.39, 0.29) is 24.4 Å². The lowest BCUT2D eigenvalue weighted by atomic mass is 10.1. The van der Waals surface area contributed by atoms with Crippen LogP contribution in [0.3, 0.4) is 0 Å². The zero-order chi connectivity index (χ0) is 18.6. The topological polar surface area (TPSA) is 85.4 Å². The van der Waals surface area contributed by atoms with Crippen LogP contribution in [-0.2, 0) is 0 Å². The van der Waals surface area contributed by atoms with E-state index in [1.165, 1.54) is 12.4 Å². The van der Waals surface area contributed by atoms with Gasteiger partial charge in [-0.05, 0) is 24.6 Å². The molecule has 0 saturated heterocycles. The molecular formula is C20H18N4O3. The van der Waals surface area contributed by atoms with Crippen LogP contribution >= 0.6 is 0 Å². The van der Waals surface area contributed by atoms with Gasteiger partial charge in [0, 0.05) is 11.8 Å². The standard InChI is InChI=1S/C20H18N4O3/c1-13(14-5-3-2-4-6-14)23-20(25)16-10-22-19(11-21-16)24-15-7-8-17-18(9-15)27-12-26-17/h2-11,13H,12H2,1H3,(H,22,24)(H,23,25). The third-order valence-electron chi connectivity index (χ3n) is 4.18. The number of fused-ring (bicyclic) bond motifs is 1. The molecule has 1 unspecified atom stereocenters. The van der Waals surface area contributed by atoms with Crippen molar-refractivity contribution in [3.8, 4) is 11.5 Å². The summed E-state index contributed by atoms with van der Waals surface area (Å²) in [7, 11) is 0. The number of carbonyl (C=O) groups is 1. The van der Waals surface area contributed by atoms with Crippen molar-refractivity contribution in [3.63, 3.8) is 0 Å². The Kier molecular flexibility index (Phi) is 4.57. The predicted molar refractivity (Wildman–Crippen MR) is 100 cm³/mol. The highest BCUT2D eigenvalue weighted by Crippen LogP contribution is 2.34. The molecule has 0 aliphatic carbocycles. The van der Waals surface area contributed by atoms with E-state index in [0.717, 1.165) is 11.3 Å². The molecule has 27 heavy (non-hydrogen) atoms. The van der Waals surface area contributed by atoms with Crippen molar-refractivity contribution in [2.75, 3.05) is 12.1 Å². The van der Waals surface area contributed by atoms with Crippen LogP contribution in [0, 0.1) is 0 Å². The Hall–Kier alpha value is -3.61. The summed E-state index contributed by atoms with van der Waals surface area (Å²) in [4.78, 5) is 20.8. The molecule has 7 nitrogen and oxygen atoms in total. The molecule has 3 aromatic rings. The Labute approximate surface area is 156 Å². The van der Waals surface area contributed by atoms with Crippen molar-refractivity contribution in [2.45, 2.75) is 13.0 Å². The molecule has 7 heteroatoms. The maximum absolute atomic E-state index is 12.4. The monoisotopic (exact) mass is 362 g/mol. The Morgan fingerprint density at radius 3 is 2.63 bits per heavy atom. The maximum atomic E-state index is 12.4. The van der Waals surface area contributed by atoms with Crippen LogP contribution in [0.4, 0.5) is 11.5 Å². The van der Waals surface area contributed by atoms with Gasteiger partial charge in [0.1, 0.15) is 11.5 Å². The first-order valence-corrected chi connectivity index (χ1v) is 8.53. The van der Waals surface area contributed by atoms with Gasteiger partial charge >= 0.3 is 0 Å². The molecule has 1 amide bonds. The number of carbonyl (C=O) groups excluding carboxylic acids is 1. The number of hydrogen-bond donors (Lipinski definition) is 2. The van der Waals surface area contributed by atoms with E-state index in [4.69, 9.17) is 9.47 Å². The van der Waals surface area contributed by atoms with Crippen LogP contribution in [0.1, 0.15) is 29.0 Å². The smallest absolute Gasteiger partial charge is 0.271 e. The number of hydrogen-bond acceptors (Lipinski definition) is 6. The molecule has 2 N–H and O–H groups in total. The van der Waals surface area contributed by atoms with E-state index in [0.29, 0.717) is 17.3 Å². The van der Waals surface area contributed by atoms with Gasteiger partial charge in [0.05, 0.1) is 18.4 Å². The molecule has 0 fully saturated rings. The molecule has 1 aliphatic rings. The van der Waals surface area contributed by atoms with E-state index in [1.807, 2.05) is 55.5 Å². The minimum absolute atomic E-state index is 0.119. The van der Waals surface area contributed by atoms with Crippen molar-refractivity contribution in [3.05, 3.63) is 72.2 Å². The first-order chi connectivity index (χ1) is 13.2. The molecular weight excluding hydrogens is 344 g/mol. The molecule has 0 spiro atoms. The fraction of sp³-hybridized carbons (Fsp3) is 0.150. The lowest BCUT2D eigenvalue weighted by molar-refractivity contribution is 0.0934. The highest BCUT2D eigenvalue weighted by Gasteiger charge is 2.15. The van der Waals surface area contributed by atoms with Crippen molar-refractivity contribution in [1.82, 2.24) is 15.3 Å². The molecule has 0 radical (unpaired) electrons. The highest BCUT2D eigenvalue weighted by atomic mass is 16.7. The zero-order valence-corrected chi connectivity index (χ0v) is 14.7. The number of ether oxygens (including phenoxy) is 2. The fourth-order valence-electron chi connectivity index (χ4n) is 2.73. The number of rotatable bonds is 5. The number of aromatic nitrogens is 2. The third kappa shape index (κ3) is 3.82. The Bertz CT molecular complexity index is 945. The number of nitrogens with zero attached hydrogens (tertiary/aromatic N) is 2. The van der Waals surface area contributed by atoms with Gasteiger partial charge < -0.3 is 20.1 Å². The molecule has 136 valence electrons. The van der Waals surface area contributed by atoms with Gasteiger partial charge in [-0.15, -0.1) is 0 Å². The molecule has 0 bridgehead atoms. The van der Waals surface area contributed by atoms with E-state index in [9.17, 15) is 4.79 Å². The Morgan fingerprint density at radius 1 is 1.04 bits per heavy atom. The minimum Gasteiger partial charge on any atom is -0.454 e. The minimum atomic E-state index is -0.270. The molecule has 4 rings (SSSR count). The summed E-state index contributed by atoms with van der Waals surface area (Å²) in [6, 6.07) is 15.1. The van der Waals surface area contributed by atoms with E-state index in [1.54, 1.807) is 0 Å². The summed E-state index contributed by atoms with van der Waals surface area (Å²) in [6.07, 6.45) is 2.97. The summed E-state index contributed by atoms with van der Waals surface area (Å²) in [5.74, 6) is 1.65. The largest absolute Gasteiger partial charge is 0.454 e. The summed E-state index contributed by atoms with van der Waals surface area (Å²) in [5, 5.41) is 6.04. The summed E-state index contributed by atoms with van der Waals surface area (Å²) in [6.45, 7) is 2.15. The second-order valence-electron chi connectivity index (χ2n) is 6.09. The predicted octanol–water partition coefficient (Wildman–Crippen LogP) is 3.44. The van der Waals surface area contributed by atoms with Gasteiger partial charge in [-0.3, -0.25) is 4.79 Å². The molecule has 0 saturated carbocycles. The van der Waals surface area contributed by atoms with Gasteiger partial charge in [0.25, 0.3) is 5.91 Å². The fourth-order valence-corrected chi connectivity index (χ4v) is 2.73. The Morgan fingerprint density at radius 2 is 1.85 bits per heavy atom. The quantitative estimate of drug-likeness (QED) is 0.723. The van der Waals surface area contributed by atoms with Crippen LogP contribution in [-0.4, -0.2) is 22.7 Å². The van der Waals surface area contributed by atoms with Crippen LogP contribution in [0.25, 0.3) is 0 Å². The molecule has 2 aromatic carbocycles. The van der Waals surface area contributed by atoms with Crippen molar-refractivity contribution >= 4 is 17.4 Å². The maximum Gasteiger partial charge on any atom is 0.271 e. The molecule has 1 aromatic heterocycles. The lowest BCUT2D eigenvalue weighted by Gasteiger charge is -2.14. The van der Waals surface area contributed by atoms with Crippen LogP contribution < -0.4 is 20.1 Å². The van der Waals surface area contributed by atoms with Gasteiger partial charge in [0.2, 0.25) is 6.79 Å². The van der Waals surface area contributed by atoms with Crippen LogP contribution in [0.15, 0.2) is 60.9 Å². The number of benzene rings is 2. The number of anilines is 2. The SMILES string of the molecule is CC(NC(=O)c1cnc(Nc2ccc3c(c2)OCO3)cn1)c1ccccc1. The van der Waals surface area contributed by atoms with E-state index >= 15 is 0 Å². The number of nitrogens with one attached hydrogen (secondary N) is 2.